The monoisotopic (exact) mass is 183 g/mol. The van der Waals surface area contributed by atoms with E-state index >= 15 is 0 Å². The number of carboxylic acid groups (broad SMARTS) is 1. The number of aromatic nitrogens is 2. The van der Waals surface area contributed by atoms with Crippen molar-refractivity contribution in [2.24, 2.45) is 0 Å². The highest BCUT2D eigenvalue weighted by Gasteiger charge is 2.11. The van der Waals surface area contributed by atoms with Crippen molar-refractivity contribution in [1.29, 1.82) is 0 Å². The molecule has 0 bridgehead atoms. The minimum absolute atomic E-state index is 0.00704. The molecule has 0 fully saturated rings. The Hall–Kier alpha value is -2.18. The van der Waals surface area contributed by atoms with Gasteiger partial charge in [0, 0.05) is 6.08 Å². The molecule has 0 saturated heterocycles. The lowest BCUT2D eigenvalue weighted by molar-refractivity contribution is -0.389. The van der Waals surface area contributed by atoms with Gasteiger partial charge >= 0.3 is 11.8 Å². The average molecular weight is 183 g/mol. The molecule has 0 saturated carbocycles. The van der Waals surface area contributed by atoms with Gasteiger partial charge in [0.05, 0.1) is 0 Å². The third-order valence-corrected chi connectivity index (χ3v) is 1.21. The van der Waals surface area contributed by atoms with Crippen LogP contribution in [0.15, 0.2) is 12.4 Å². The molecule has 1 aromatic rings. The number of carbonyl (C=O) groups is 1. The van der Waals surface area contributed by atoms with E-state index < -0.39 is 10.9 Å². The SMILES string of the molecule is O=C(O)/C=C/c1nc[nH]c1[N+](=O)[O-]. The summed E-state index contributed by atoms with van der Waals surface area (Å²) in [7, 11) is 0. The number of H-pyrrole nitrogens is 1. The van der Waals surface area contributed by atoms with Crippen LogP contribution in [0.3, 0.4) is 0 Å². The van der Waals surface area contributed by atoms with Crippen LogP contribution in [0.5, 0.6) is 0 Å². The first-order valence-electron chi connectivity index (χ1n) is 3.20. The molecule has 0 atom stereocenters. The summed E-state index contributed by atoms with van der Waals surface area (Å²) >= 11 is 0. The quantitative estimate of drug-likeness (QED) is 0.400. The maximum absolute atomic E-state index is 10.3. The van der Waals surface area contributed by atoms with Crippen LogP contribution >= 0.6 is 0 Å². The van der Waals surface area contributed by atoms with E-state index in [1.165, 1.54) is 0 Å². The maximum Gasteiger partial charge on any atom is 0.347 e. The van der Waals surface area contributed by atoms with Crippen LogP contribution < -0.4 is 0 Å². The summed E-state index contributed by atoms with van der Waals surface area (Å²) in [5, 5.41) is 18.5. The molecule has 7 heteroatoms. The number of nitrogens with zero attached hydrogens (tertiary/aromatic N) is 2. The highest BCUT2D eigenvalue weighted by Crippen LogP contribution is 2.13. The lowest BCUT2D eigenvalue weighted by atomic mass is 10.4. The van der Waals surface area contributed by atoms with Gasteiger partial charge in [0.25, 0.3) is 0 Å². The molecule has 0 aliphatic carbocycles. The second kappa shape index (κ2) is 3.48. The van der Waals surface area contributed by atoms with Gasteiger partial charge in [-0.1, -0.05) is 0 Å². The molecular formula is C6H5N3O4. The molecule has 0 aromatic carbocycles. The Labute approximate surface area is 71.9 Å². The number of nitro groups is 1. The third-order valence-electron chi connectivity index (χ3n) is 1.21. The molecule has 13 heavy (non-hydrogen) atoms. The van der Waals surface area contributed by atoms with Crippen molar-refractivity contribution in [3.63, 3.8) is 0 Å². The summed E-state index contributed by atoms with van der Waals surface area (Å²) < 4.78 is 0. The van der Waals surface area contributed by atoms with Gasteiger partial charge < -0.3 is 15.2 Å². The number of nitrogens with one attached hydrogen (secondary N) is 1. The second-order valence-electron chi connectivity index (χ2n) is 2.07. The number of aromatic amines is 1. The van der Waals surface area contributed by atoms with Crippen molar-refractivity contribution in [3.8, 4) is 0 Å². The first-order valence-corrected chi connectivity index (χ1v) is 3.20. The van der Waals surface area contributed by atoms with E-state index in [9.17, 15) is 14.9 Å². The maximum atomic E-state index is 10.3. The minimum Gasteiger partial charge on any atom is -0.478 e. The molecule has 0 aliphatic rings. The normalized spacial score (nSPS) is 10.5. The van der Waals surface area contributed by atoms with Gasteiger partial charge in [-0.15, -0.1) is 0 Å². The van der Waals surface area contributed by atoms with Crippen molar-refractivity contribution < 1.29 is 14.8 Å². The van der Waals surface area contributed by atoms with Crippen LogP contribution in [0.1, 0.15) is 5.69 Å². The fraction of sp³-hybridized carbons (Fsp3) is 0. The number of hydrogen-bond donors (Lipinski definition) is 2. The summed E-state index contributed by atoms with van der Waals surface area (Å²) in [5.41, 5.74) is -0.00704. The Morgan fingerprint density at radius 1 is 1.77 bits per heavy atom. The molecule has 2 N–H and O–H groups in total. The smallest absolute Gasteiger partial charge is 0.347 e. The lowest BCUT2D eigenvalue weighted by Gasteiger charge is -1.89. The number of rotatable bonds is 3. The molecule has 1 rings (SSSR count). The van der Waals surface area contributed by atoms with Gasteiger partial charge in [-0.2, -0.15) is 0 Å². The predicted octanol–water partition coefficient (Wildman–Crippen LogP) is 0.416. The highest BCUT2D eigenvalue weighted by atomic mass is 16.6. The van der Waals surface area contributed by atoms with Crippen LogP contribution in [-0.4, -0.2) is 26.0 Å². The molecule has 1 heterocycles. The van der Waals surface area contributed by atoms with Gasteiger partial charge in [0.2, 0.25) is 0 Å². The van der Waals surface area contributed by atoms with Gasteiger partial charge in [0.15, 0.2) is 12.0 Å². The number of hydrogen-bond acceptors (Lipinski definition) is 4. The van der Waals surface area contributed by atoms with E-state index in [1.54, 1.807) is 0 Å². The Kier molecular flexibility index (Phi) is 2.38. The van der Waals surface area contributed by atoms with E-state index in [4.69, 9.17) is 5.11 Å². The molecule has 0 aliphatic heterocycles. The average Bonchev–Trinajstić information content (AvgIpc) is 2.47. The fourth-order valence-corrected chi connectivity index (χ4v) is 0.716. The summed E-state index contributed by atoms with van der Waals surface area (Å²) in [6, 6.07) is 0. The number of imidazole rings is 1. The molecule has 68 valence electrons. The Morgan fingerprint density at radius 2 is 2.46 bits per heavy atom. The van der Waals surface area contributed by atoms with E-state index in [0.29, 0.717) is 0 Å². The first-order chi connectivity index (χ1) is 6.11. The standard InChI is InChI=1S/C6H5N3O4/c10-5(11)2-1-4-6(9(12)13)8-3-7-4/h1-3H,(H,7,8)(H,10,11)/b2-1+. The topological polar surface area (TPSA) is 109 Å². The van der Waals surface area contributed by atoms with Crippen LogP contribution in [0, 0.1) is 10.1 Å². The Morgan fingerprint density at radius 3 is 3.00 bits per heavy atom. The zero-order chi connectivity index (χ0) is 9.84. The van der Waals surface area contributed by atoms with Crippen molar-refractivity contribution in [2.45, 2.75) is 0 Å². The molecule has 0 unspecified atom stereocenters. The summed E-state index contributed by atoms with van der Waals surface area (Å²) in [6.07, 6.45) is 2.96. The zero-order valence-corrected chi connectivity index (χ0v) is 6.30. The van der Waals surface area contributed by atoms with Crippen LogP contribution in [0.25, 0.3) is 6.08 Å². The highest BCUT2D eigenvalue weighted by molar-refractivity contribution is 5.85. The van der Waals surface area contributed by atoms with Gasteiger partial charge in [-0.25, -0.2) is 14.8 Å². The fourth-order valence-electron chi connectivity index (χ4n) is 0.716. The molecule has 7 nitrogen and oxygen atoms in total. The van der Waals surface area contributed by atoms with Crippen molar-refractivity contribution in [2.75, 3.05) is 0 Å². The first kappa shape index (κ1) is 8.91. The van der Waals surface area contributed by atoms with Gasteiger partial charge in [-0.3, -0.25) is 0 Å². The second-order valence-corrected chi connectivity index (χ2v) is 2.07. The van der Waals surface area contributed by atoms with Crippen molar-refractivity contribution in [1.82, 2.24) is 9.97 Å². The molecular weight excluding hydrogens is 178 g/mol. The van der Waals surface area contributed by atoms with E-state index in [2.05, 4.69) is 9.97 Å². The van der Waals surface area contributed by atoms with E-state index in [-0.39, 0.29) is 11.5 Å². The third kappa shape index (κ3) is 2.12. The molecule has 0 radical (unpaired) electrons. The van der Waals surface area contributed by atoms with Crippen molar-refractivity contribution >= 4 is 17.9 Å². The molecule has 1 aromatic heterocycles. The number of carboxylic acids is 1. The van der Waals surface area contributed by atoms with E-state index in [0.717, 1.165) is 18.5 Å². The van der Waals surface area contributed by atoms with E-state index in [1.807, 2.05) is 0 Å². The van der Waals surface area contributed by atoms with Crippen molar-refractivity contribution in [3.05, 3.63) is 28.2 Å². The summed E-state index contributed by atoms with van der Waals surface area (Å²) in [6.45, 7) is 0. The number of aliphatic carboxylic acids is 1. The van der Waals surface area contributed by atoms with Crippen LogP contribution in [0.4, 0.5) is 5.82 Å². The Balaban J connectivity index is 2.95. The summed E-state index contributed by atoms with van der Waals surface area (Å²) in [4.78, 5) is 25.5. The summed E-state index contributed by atoms with van der Waals surface area (Å²) in [5.74, 6) is -1.50. The van der Waals surface area contributed by atoms with Gasteiger partial charge in [0.1, 0.15) is 0 Å². The molecule has 0 spiro atoms. The zero-order valence-electron chi connectivity index (χ0n) is 6.30. The van der Waals surface area contributed by atoms with Crippen LogP contribution in [-0.2, 0) is 4.79 Å². The predicted molar refractivity (Wildman–Crippen MR) is 41.9 cm³/mol. The van der Waals surface area contributed by atoms with Crippen LogP contribution in [0.2, 0.25) is 0 Å². The van der Waals surface area contributed by atoms with Gasteiger partial charge in [-0.05, 0) is 11.0 Å². The molecule has 0 amide bonds. The minimum atomic E-state index is -1.18. The lowest BCUT2D eigenvalue weighted by Crippen LogP contribution is -1.91. The Bertz CT molecular complexity index is 368. The largest absolute Gasteiger partial charge is 0.478 e.